The molecule has 0 bridgehead atoms. The zero-order valence-corrected chi connectivity index (χ0v) is 17.4. The first-order valence-corrected chi connectivity index (χ1v) is 10.6. The second-order valence-corrected chi connectivity index (χ2v) is 7.75. The molecule has 3 rings (SSSR count). The predicted molar refractivity (Wildman–Crippen MR) is 113 cm³/mol. The summed E-state index contributed by atoms with van der Waals surface area (Å²) >= 11 is 0. The minimum absolute atomic E-state index is 0.0928. The van der Waals surface area contributed by atoms with Gasteiger partial charge in [-0.15, -0.1) is 0 Å². The summed E-state index contributed by atoms with van der Waals surface area (Å²) in [5.74, 6) is 1.74. The lowest BCUT2D eigenvalue weighted by Gasteiger charge is -2.34. The Morgan fingerprint density at radius 3 is 2.68 bits per heavy atom. The summed E-state index contributed by atoms with van der Waals surface area (Å²) in [4.78, 5) is 18.2. The van der Waals surface area contributed by atoms with E-state index in [1.54, 1.807) is 0 Å². The highest BCUT2D eigenvalue weighted by molar-refractivity contribution is 5.79. The first kappa shape index (κ1) is 20.8. The van der Waals surface area contributed by atoms with Crippen molar-refractivity contribution in [2.75, 3.05) is 63.9 Å². The number of piperazine rings is 1. The third kappa shape index (κ3) is 6.31. The Morgan fingerprint density at radius 2 is 2.00 bits per heavy atom. The van der Waals surface area contributed by atoms with Crippen LogP contribution in [0.2, 0.25) is 0 Å². The van der Waals surface area contributed by atoms with Crippen molar-refractivity contribution in [2.24, 2.45) is 4.99 Å². The maximum Gasteiger partial charge on any atom is 0.225 e. The molecule has 2 fully saturated rings. The lowest BCUT2D eigenvalue weighted by Crippen LogP contribution is -2.47. The molecule has 0 saturated carbocycles. The van der Waals surface area contributed by atoms with Crippen molar-refractivity contribution in [1.82, 2.24) is 25.5 Å². The molecular formula is C20H35N7O. The topological polar surface area (TPSA) is 77.9 Å². The van der Waals surface area contributed by atoms with Gasteiger partial charge in [-0.1, -0.05) is 0 Å². The van der Waals surface area contributed by atoms with Crippen molar-refractivity contribution in [1.29, 1.82) is 0 Å². The van der Waals surface area contributed by atoms with Crippen molar-refractivity contribution in [3.63, 3.8) is 0 Å². The van der Waals surface area contributed by atoms with E-state index in [-0.39, 0.29) is 5.60 Å². The molecule has 28 heavy (non-hydrogen) atoms. The van der Waals surface area contributed by atoms with Crippen LogP contribution in [0.5, 0.6) is 0 Å². The average molecular weight is 390 g/mol. The maximum atomic E-state index is 5.83. The maximum absolute atomic E-state index is 5.83. The van der Waals surface area contributed by atoms with Gasteiger partial charge in [0.05, 0.1) is 12.1 Å². The van der Waals surface area contributed by atoms with Crippen LogP contribution in [0.25, 0.3) is 0 Å². The number of guanidine groups is 1. The number of hydrogen-bond acceptors (Lipinski definition) is 6. The zero-order valence-electron chi connectivity index (χ0n) is 17.4. The quantitative estimate of drug-likeness (QED) is 0.392. The Hall–Kier alpha value is -1.93. The van der Waals surface area contributed by atoms with Gasteiger partial charge in [-0.25, -0.2) is 9.97 Å². The van der Waals surface area contributed by atoms with Crippen molar-refractivity contribution in [3.8, 4) is 0 Å². The number of nitrogens with one attached hydrogen (secondary N) is 2. The van der Waals surface area contributed by atoms with Crippen LogP contribution >= 0.6 is 0 Å². The SMILES string of the molecule is CCNC(=NCC1(C)CCCO1)NCCCN1CCN(c2ncccn2)CC1. The standard InChI is InChI=1S/C20H35N7O/c1-3-21-18(25-17-20(2)7-4-16-28-20)22-10-6-11-26-12-14-27(15-13-26)19-23-8-5-9-24-19/h5,8-9H,3-4,6-7,10-17H2,1-2H3,(H2,21,22,25). The van der Waals surface area contributed by atoms with Gasteiger partial charge >= 0.3 is 0 Å². The van der Waals surface area contributed by atoms with E-state index in [0.29, 0.717) is 6.54 Å². The van der Waals surface area contributed by atoms with Crippen molar-refractivity contribution in [3.05, 3.63) is 18.5 Å². The van der Waals surface area contributed by atoms with Crippen molar-refractivity contribution < 1.29 is 4.74 Å². The summed E-state index contributed by atoms with van der Waals surface area (Å²) in [7, 11) is 0. The number of ether oxygens (including phenoxy) is 1. The van der Waals surface area contributed by atoms with E-state index in [2.05, 4.69) is 44.2 Å². The van der Waals surface area contributed by atoms with Crippen LogP contribution in [0, 0.1) is 0 Å². The number of anilines is 1. The molecule has 8 nitrogen and oxygen atoms in total. The highest BCUT2D eigenvalue weighted by Gasteiger charge is 2.29. The van der Waals surface area contributed by atoms with Gasteiger partial charge in [0.2, 0.25) is 5.95 Å². The molecule has 0 radical (unpaired) electrons. The Kier molecular flexibility index (Phi) is 7.85. The van der Waals surface area contributed by atoms with Crippen LogP contribution in [0.1, 0.15) is 33.1 Å². The van der Waals surface area contributed by atoms with Gasteiger partial charge in [0, 0.05) is 58.3 Å². The van der Waals surface area contributed by atoms with Crippen LogP contribution in [0.4, 0.5) is 5.95 Å². The Balaban J connectivity index is 1.34. The molecule has 8 heteroatoms. The molecule has 156 valence electrons. The van der Waals surface area contributed by atoms with E-state index in [4.69, 9.17) is 9.73 Å². The fourth-order valence-electron chi connectivity index (χ4n) is 3.69. The lowest BCUT2D eigenvalue weighted by molar-refractivity contribution is 0.0283. The van der Waals surface area contributed by atoms with Gasteiger partial charge in [0.25, 0.3) is 0 Å². The molecule has 2 N–H and O–H groups in total. The van der Waals surface area contributed by atoms with Crippen LogP contribution in [0.3, 0.4) is 0 Å². The second kappa shape index (κ2) is 10.6. The van der Waals surface area contributed by atoms with Gasteiger partial charge < -0.3 is 20.3 Å². The minimum atomic E-state index is -0.0928. The largest absolute Gasteiger partial charge is 0.373 e. The van der Waals surface area contributed by atoms with Crippen LogP contribution in [-0.4, -0.2) is 85.4 Å². The Morgan fingerprint density at radius 1 is 1.21 bits per heavy atom. The number of hydrogen-bond donors (Lipinski definition) is 2. The Labute approximate surface area is 168 Å². The second-order valence-electron chi connectivity index (χ2n) is 7.75. The molecule has 2 saturated heterocycles. The molecule has 2 aliphatic rings. The van der Waals surface area contributed by atoms with Crippen LogP contribution in [-0.2, 0) is 4.74 Å². The smallest absolute Gasteiger partial charge is 0.225 e. The first-order valence-electron chi connectivity index (χ1n) is 10.6. The number of aliphatic imine (C=N–C) groups is 1. The molecule has 0 amide bonds. The molecule has 3 heterocycles. The van der Waals surface area contributed by atoms with E-state index in [1.807, 2.05) is 18.5 Å². The van der Waals surface area contributed by atoms with E-state index in [0.717, 1.165) is 83.6 Å². The molecule has 1 unspecified atom stereocenters. The highest BCUT2D eigenvalue weighted by Crippen LogP contribution is 2.24. The third-order valence-electron chi connectivity index (χ3n) is 5.37. The lowest BCUT2D eigenvalue weighted by atomic mass is 10.0. The number of nitrogens with zero attached hydrogens (tertiary/aromatic N) is 5. The number of aromatic nitrogens is 2. The van der Waals surface area contributed by atoms with Gasteiger partial charge in [-0.3, -0.25) is 9.89 Å². The van der Waals surface area contributed by atoms with Gasteiger partial charge in [0.1, 0.15) is 0 Å². The molecule has 0 aliphatic carbocycles. The summed E-state index contributed by atoms with van der Waals surface area (Å²) in [6.45, 7) is 12.8. The van der Waals surface area contributed by atoms with Crippen molar-refractivity contribution in [2.45, 2.75) is 38.7 Å². The number of rotatable bonds is 8. The van der Waals surface area contributed by atoms with E-state index in [9.17, 15) is 0 Å². The highest BCUT2D eigenvalue weighted by atomic mass is 16.5. The van der Waals surface area contributed by atoms with E-state index in [1.165, 1.54) is 0 Å². The zero-order chi connectivity index (χ0) is 19.7. The monoisotopic (exact) mass is 389 g/mol. The third-order valence-corrected chi connectivity index (χ3v) is 5.37. The summed E-state index contributed by atoms with van der Waals surface area (Å²) < 4.78 is 5.83. The van der Waals surface area contributed by atoms with Crippen LogP contribution < -0.4 is 15.5 Å². The molecule has 0 aromatic carbocycles. The van der Waals surface area contributed by atoms with Gasteiger partial charge in [-0.2, -0.15) is 0 Å². The Bertz CT molecular complexity index is 596. The first-order chi connectivity index (χ1) is 13.7. The summed E-state index contributed by atoms with van der Waals surface area (Å²) in [5.41, 5.74) is -0.0928. The molecule has 0 spiro atoms. The normalized spacial score (nSPS) is 23.8. The fraction of sp³-hybridized carbons (Fsp3) is 0.750. The average Bonchev–Trinajstić information content (AvgIpc) is 3.17. The fourth-order valence-corrected chi connectivity index (χ4v) is 3.69. The predicted octanol–water partition coefficient (Wildman–Crippen LogP) is 1.11. The van der Waals surface area contributed by atoms with Crippen molar-refractivity contribution >= 4 is 11.9 Å². The molecule has 1 aromatic heterocycles. The minimum Gasteiger partial charge on any atom is -0.373 e. The molecular weight excluding hydrogens is 354 g/mol. The summed E-state index contributed by atoms with van der Waals surface area (Å²) in [6, 6.07) is 1.86. The summed E-state index contributed by atoms with van der Waals surface area (Å²) in [5, 5.41) is 6.80. The van der Waals surface area contributed by atoms with E-state index >= 15 is 0 Å². The molecule has 1 aromatic rings. The van der Waals surface area contributed by atoms with Gasteiger partial charge in [-0.05, 0) is 45.7 Å². The van der Waals surface area contributed by atoms with E-state index < -0.39 is 0 Å². The molecule has 2 aliphatic heterocycles. The summed E-state index contributed by atoms with van der Waals surface area (Å²) in [6.07, 6.45) is 6.95. The van der Waals surface area contributed by atoms with Crippen LogP contribution in [0.15, 0.2) is 23.5 Å². The molecule has 1 atom stereocenters. The van der Waals surface area contributed by atoms with Gasteiger partial charge in [0.15, 0.2) is 5.96 Å².